The lowest BCUT2D eigenvalue weighted by Gasteiger charge is -2.10. The summed E-state index contributed by atoms with van der Waals surface area (Å²) in [6.45, 7) is 0.602. The third-order valence-electron chi connectivity index (χ3n) is 4.52. The van der Waals surface area contributed by atoms with Crippen molar-refractivity contribution in [2.75, 3.05) is 26.0 Å². The van der Waals surface area contributed by atoms with Gasteiger partial charge in [0.2, 0.25) is 10.0 Å². The Morgan fingerprint density at radius 3 is 2.62 bits per heavy atom. The number of rotatable bonds is 10. The number of aryl methyl sites for hydroxylation is 1. The summed E-state index contributed by atoms with van der Waals surface area (Å²) in [5.74, 6) is 0.177. The number of sulfonamides is 1. The van der Waals surface area contributed by atoms with Crippen LogP contribution in [0.25, 0.3) is 10.9 Å². The van der Waals surface area contributed by atoms with Gasteiger partial charge in [-0.3, -0.25) is 0 Å². The van der Waals surface area contributed by atoms with Gasteiger partial charge in [0.1, 0.15) is 5.75 Å². The van der Waals surface area contributed by atoms with E-state index in [4.69, 9.17) is 4.74 Å². The molecule has 0 atom stereocenters. The van der Waals surface area contributed by atoms with Gasteiger partial charge < -0.3 is 14.0 Å². The number of carbonyl (C=O) groups excluding carboxylic acids is 1. The molecule has 0 spiro atoms. The van der Waals surface area contributed by atoms with Gasteiger partial charge in [-0.2, -0.15) is 0 Å². The Balaban J connectivity index is 1.57. The maximum atomic E-state index is 12.2. The molecule has 0 fully saturated rings. The molecule has 0 radical (unpaired) electrons. The summed E-state index contributed by atoms with van der Waals surface area (Å²) >= 11 is 0. The van der Waals surface area contributed by atoms with Crippen LogP contribution in [-0.2, 0) is 32.5 Å². The second-order valence-electron chi connectivity index (χ2n) is 6.51. The van der Waals surface area contributed by atoms with Crippen molar-refractivity contribution in [3.8, 4) is 5.75 Å². The van der Waals surface area contributed by atoms with Crippen LogP contribution in [-0.4, -0.2) is 45.0 Å². The minimum absolute atomic E-state index is 0.0506. The van der Waals surface area contributed by atoms with Crippen LogP contribution < -0.4 is 9.46 Å². The van der Waals surface area contributed by atoms with Crippen molar-refractivity contribution in [2.24, 2.45) is 0 Å². The van der Waals surface area contributed by atoms with Crippen LogP contribution in [0.2, 0.25) is 0 Å². The molecule has 0 saturated heterocycles. The Labute approximate surface area is 170 Å². The summed E-state index contributed by atoms with van der Waals surface area (Å²) in [6, 6.07) is 16.9. The molecule has 2 aromatic carbocycles. The minimum Gasteiger partial charge on any atom is -0.481 e. The maximum absolute atomic E-state index is 12.2. The lowest BCUT2D eigenvalue weighted by atomic mass is 10.2. The molecule has 8 heteroatoms. The lowest BCUT2D eigenvalue weighted by molar-refractivity contribution is -0.142. The second-order valence-corrected chi connectivity index (χ2v) is 8.44. The quantitative estimate of drug-likeness (QED) is 0.513. The average molecular weight is 416 g/mol. The predicted molar refractivity (Wildman–Crippen MR) is 111 cm³/mol. The van der Waals surface area contributed by atoms with E-state index in [0.717, 1.165) is 16.5 Å². The number of hydrogen-bond donors (Lipinski definition) is 1. The average Bonchev–Trinajstić information content (AvgIpc) is 3.15. The molecule has 154 valence electrons. The van der Waals surface area contributed by atoms with E-state index in [-0.39, 0.29) is 18.9 Å². The van der Waals surface area contributed by atoms with E-state index in [1.165, 1.54) is 7.11 Å². The maximum Gasteiger partial charge on any atom is 0.343 e. The first-order valence-electron chi connectivity index (χ1n) is 9.27. The van der Waals surface area contributed by atoms with Crippen molar-refractivity contribution in [2.45, 2.75) is 13.0 Å². The van der Waals surface area contributed by atoms with Crippen molar-refractivity contribution in [3.05, 3.63) is 66.4 Å². The first-order chi connectivity index (χ1) is 14.0. The van der Waals surface area contributed by atoms with Gasteiger partial charge in [0, 0.05) is 24.7 Å². The van der Waals surface area contributed by atoms with Gasteiger partial charge >= 0.3 is 5.97 Å². The largest absolute Gasteiger partial charge is 0.481 e. The number of methoxy groups -OCH3 is 1. The fraction of sp³-hybridized carbons (Fsp3) is 0.286. The molecule has 1 aromatic heterocycles. The molecule has 0 amide bonds. The highest BCUT2D eigenvalue weighted by atomic mass is 32.2. The van der Waals surface area contributed by atoms with Crippen LogP contribution in [0.1, 0.15) is 5.56 Å². The van der Waals surface area contributed by atoms with E-state index in [0.29, 0.717) is 18.7 Å². The summed E-state index contributed by atoms with van der Waals surface area (Å²) in [5, 5.41) is 0.850. The van der Waals surface area contributed by atoms with Gasteiger partial charge in [0.15, 0.2) is 6.61 Å². The van der Waals surface area contributed by atoms with E-state index in [9.17, 15) is 13.2 Å². The number of carbonyl (C=O) groups is 1. The number of benzene rings is 2. The van der Waals surface area contributed by atoms with Gasteiger partial charge in [0.05, 0.1) is 18.4 Å². The molecular weight excluding hydrogens is 392 g/mol. The Bertz CT molecular complexity index is 1060. The number of nitrogens with zero attached hydrogens (tertiary/aromatic N) is 1. The zero-order valence-corrected chi connectivity index (χ0v) is 17.0. The highest BCUT2D eigenvalue weighted by Crippen LogP contribution is 2.26. The van der Waals surface area contributed by atoms with Crippen molar-refractivity contribution >= 4 is 26.9 Å². The monoisotopic (exact) mass is 416 g/mol. The molecule has 7 nitrogen and oxygen atoms in total. The molecule has 0 bridgehead atoms. The Hall–Kier alpha value is -2.84. The second kappa shape index (κ2) is 9.58. The summed E-state index contributed by atoms with van der Waals surface area (Å²) in [6.07, 6.45) is 2.34. The Morgan fingerprint density at radius 2 is 1.86 bits per heavy atom. The highest BCUT2D eigenvalue weighted by Gasteiger charge is 2.12. The molecule has 0 aliphatic heterocycles. The number of fused-ring (bicyclic) bond motifs is 1. The van der Waals surface area contributed by atoms with Crippen LogP contribution in [0, 0.1) is 0 Å². The van der Waals surface area contributed by atoms with Gasteiger partial charge in [-0.25, -0.2) is 17.9 Å². The standard InChI is InChI=1S/C21H24N2O5S/c1-27-21(24)16-28-20-9-5-8-19-18(20)10-13-23(19)14-12-22-29(25,26)15-11-17-6-3-2-4-7-17/h2-10,13,22H,11-12,14-16H2,1H3. The van der Waals surface area contributed by atoms with Gasteiger partial charge in [0.25, 0.3) is 0 Å². The van der Waals surface area contributed by atoms with Gasteiger partial charge in [-0.1, -0.05) is 36.4 Å². The topological polar surface area (TPSA) is 86.6 Å². The molecule has 0 aliphatic carbocycles. The van der Waals surface area contributed by atoms with Crippen LogP contribution in [0.4, 0.5) is 0 Å². The fourth-order valence-corrected chi connectivity index (χ4v) is 4.05. The number of hydrogen-bond acceptors (Lipinski definition) is 5. The highest BCUT2D eigenvalue weighted by molar-refractivity contribution is 7.89. The molecule has 1 heterocycles. The van der Waals surface area contributed by atoms with Crippen LogP contribution in [0.15, 0.2) is 60.8 Å². The first kappa shape index (κ1) is 20.9. The van der Waals surface area contributed by atoms with Crippen LogP contribution in [0.3, 0.4) is 0 Å². The van der Waals surface area contributed by atoms with Crippen molar-refractivity contribution in [1.29, 1.82) is 0 Å². The predicted octanol–water partition coefficient (Wildman–Crippen LogP) is 2.36. The number of aromatic nitrogens is 1. The van der Waals surface area contributed by atoms with Crippen molar-refractivity contribution < 1.29 is 22.7 Å². The summed E-state index contributed by atoms with van der Waals surface area (Å²) in [5.41, 5.74) is 1.89. The normalized spacial score (nSPS) is 11.5. The van der Waals surface area contributed by atoms with E-state index >= 15 is 0 Å². The molecule has 3 rings (SSSR count). The zero-order valence-electron chi connectivity index (χ0n) is 16.2. The van der Waals surface area contributed by atoms with Crippen LogP contribution in [0.5, 0.6) is 5.75 Å². The number of nitrogens with one attached hydrogen (secondary N) is 1. The van der Waals surface area contributed by atoms with E-state index < -0.39 is 16.0 Å². The zero-order chi connectivity index (χ0) is 20.7. The molecule has 3 aromatic rings. The molecular formula is C21H24N2O5S. The van der Waals surface area contributed by atoms with E-state index in [1.54, 1.807) is 6.07 Å². The molecule has 29 heavy (non-hydrogen) atoms. The number of ether oxygens (including phenoxy) is 2. The smallest absolute Gasteiger partial charge is 0.343 e. The van der Waals surface area contributed by atoms with E-state index in [2.05, 4.69) is 9.46 Å². The number of esters is 1. The van der Waals surface area contributed by atoms with Crippen molar-refractivity contribution in [1.82, 2.24) is 9.29 Å². The first-order valence-corrected chi connectivity index (χ1v) is 10.9. The van der Waals surface area contributed by atoms with Gasteiger partial charge in [-0.05, 0) is 30.2 Å². The minimum atomic E-state index is -3.35. The lowest BCUT2D eigenvalue weighted by Crippen LogP contribution is -2.30. The molecule has 0 unspecified atom stereocenters. The summed E-state index contributed by atoms with van der Waals surface area (Å²) in [4.78, 5) is 11.3. The molecule has 0 saturated carbocycles. The Morgan fingerprint density at radius 1 is 1.07 bits per heavy atom. The Kier molecular flexibility index (Phi) is 6.90. The SMILES string of the molecule is COC(=O)COc1cccc2c1ccn2CCNS(=O)(=O)CCc1ccccc1. The van der Waals surface area contributed by atoms with Crippen LogP contribution >= 0.6 is 0 Å². The third-order valence-corrected chi connectivity index (χ3v) is 5.91. The van der Waals surface area contributed by atoms with Crippen molar-refractivity contribution in [3.63, 3.8) is 0 Å². The van der Waals surface area contributed by atoms with E-state index in [1.807, 2.05) is 59.3 Å². The third kappa shape index (κ3) is 5.82. The molecule has 1 N–H and O–H groups in total. The fourth-order valence-electron chi connectivity index (χ4n) is 3.00. The molecule has 0 aliphatic rings. The van der Waals surface area contributed by atoms with Gasteiger partial charge in [-0.15, -0.1) is 0 Å². The summed E-state index contributed by atoms with van der Waals surface area (Å²) < 4.78 is 39.2. The summed E-state index contributed by atoms with van der Waals surface area (Å²) in [7, 11) is -2.05.